The summed E-state index contributed by atoms with van der Waals surface area (Å²) < 4.78 is 5.34. The molecule has 6 nitrogen and oxygen atoms in total. The number of guanidine groups is 1. The van der Waals surface area contributed by atoms with E-state index < -0.39 is 0 Å². The van der Waals surface area contributed by atoms with E-state index in [0.29, 0.717) is 6.04 Å². The van der Waals surface area contributed by atoms with E-state index in [4.69, 9.17) is 9.73 Å². The third-order valence-electron chi connectivity index (χ3n) is 4.15. The highest BCUT2D eigenvalue weighted by molar-refractivity contribution is 14.0. The molecule has 1 aromatic heterocycles. The molecular weight excluding hydrogens is 461 g/mol. The minimum atomic E-state index is 0. The first-order chi connectivity index (χ1) is 11.9. The van der Waals surface area contributed by atoms with Crippen molar-refractivity contribution in [1.82, 2.24) is 20.1 Å². The lowest BCUT2D eigenvalue weighted by molar-refractivity contribution is 0.119. The van der Waals surface area contributed by atoms with Crippen LogP contribution in [-0.2, 0) is 11.3 Å². The van der Waals surface area contributed by atoms with Crippen molar-refractivity contribution in [2.24, 2.45) is 4.99 Å². The van der Waals surface area contributed by atoms with Gasteiger partial charge in [-0.15, -0.1) is 35.3 Å². The molecule has 0 aromatic carbocycles. The van der Waals surface area contributed by atoms with E-state index in [1.54, 1.807) is 18.4 Å². The summed E-state index contributed by atoms with van der Waals surface area (Å²) in [7, 11) is 3.77. The Balaban J connectivity index is 0.00000625. The molecule has 1 N–H and O–H groups in total. The van der Waals surface area contributed by atoms with Gasteiger partial charge in [0.25, 0.3) is 0 Å². The molecule has 1 heterocycles. The molecule has 0 radical (unpaired) electrons. The van der Waals surface area contributed by atoms with Gasteiger partial charge in [-0.25, -0.2) is 4.98 Å². The summed E-state index contributed by atoms with van der Waals surface area (Å²) in [5.41, 5.74) is 1.05. The van der Waals surface area contributed by atoms with E-state index in [1.807, 2.05) is 6.92 Å². The average Bonchev–Trinajstić information content (AvgIpc) is 3.05. The van der Waals surface area contributed by atoms with Crippen molar-refractivity contribution in [1.29, 1.82) is 0 Å². The van der Waals surface area contributed by atoms with Crippen LogP contribution in [0.15, 0.2) is 10.4 Å². The Kier molecular flexibility index (Phi) is 13.4. The lowest BCUT2D eigenvalue weighted by Crippen LogP contribution is -2.39. The summed E-state index contributed by atoms with van der Waals surface area (Å²) >= 11 is 1.65. The molecule has 0 spiro atoms. The van der Waals surface area contributed by atoms with Gasteiger partial charge in [0.15, 0.2) is 5.96 Å². The number of aliphatic imine (C=N–C) groups is 1. The van der Waals surface area contributed by atoms with Crippen LogP contribution < -0.4 is 5.32 Å². The van der Waals surface area contributed by atoms with Gasteiger partial charge in [0.1, 0.15) is 11.1 Å². The Morgan fingerprint density at radius 2 is 2.04 bits per heavy atom. The van der Waals surface area contributed by atoms with E-state index in [2.05, 4.69) is 60.2 Å². The van der Waals surface area contributed by atoms with Crippen molar-refractivity contribution in [2.45, 2.75) is 53.3 Å². The summed E-state index contributed by atoms with van der Waals surface area (Å²) in [6.07, 6.45) is 0.0435. The maximum atomic E-state index is 5.34. The lowest BCUT2D eigenvalue weighted by atomic mass is 10.3. The largest absolute Gasteiger partial charge is 0.375 e. The molecule has 0 aliphatic carbocycles. The molecule has 0 amide bonds. The quantitative estimate of drug-likeness (QED) is 0.304. The molecule has 1 rings (SSSR count). The predicted molar refractivity (Wildman–Crippen MR) is 123 cm³/mol. The van der Waals surface area contributed by atoms with Crippen LogP contribution in [0.1, 0.15) is 51.4 Å². The second kappa shape index (κ2) is 13.7. The first-order valence-corrected chi connectivity index (χ1v) is 10.0. The van der Waals surface area contributed by atoms with Gasteiger partial charge in [0, 0.05) is 38.7 Å². The minimum Gasteiger partial charge on any atom is -0.375 e. The fraction of sp³-hybridized carbons (Fsp3) is 0.778. The van der Waals surface area contributed by atoms with Gasteiger partial charge in [-0.2, -0.15) is 0 Å². The number of halogens is 1. The van der Waals surface area contributed by atoms with Gasteiger partial charge in [0.2, 0.25) is 0 Å². The molecule has 0 saturated heterocycles. The number of aromatic nitrogens is 1. The molecule has 0 bridgehead atoms. The van der Waals surface area contributed by atoms with E-state index in [0.717, 1.165) is 49.4 Å². The second-order valence-electron chi connectivity index (χ2n) is 6.37. The highest BCUT2D eigenvalue weighted by Crippen LogP contribution is 2.20. The second-order valence-corrected chi connectivity index (χ2v) is 7.26. The number of likely N-dealkylation sites (N-methyl/N-ethyl adjacent to an activating group) is 1. The van der Waals surface area contributed by atoms with Gasteiger partial charge in [0.05, 0.1) is 18.8 Å². The monoisotopic (exact) mass is 497 g/mol. The van der Waals surface area contributed by atoms with Crippen LogP contribution in [0.4, 0.5) is 0 Å². The maximum Gasteiger partial charge on any atom is 0.194 e. The summed E-state index contributed by atoms with van der Waals surface area (Å²) in [5, 5.41) is 6.49. The van der Waals surface area contributed by atoms with Crippen LogP contribution in [0.3, 0.4) is 0 Å². The zero-order valence-electron chi connectivity index (χ0n) is 17.3. The van der Waals surface area contributed by atoms with Crippen molar-refractivity contribution < 1.29 is 4.74 Å². The van der Waals surface area contributed by atoms with Gasteiger partial charge in [-0.1, -0.05) is 6.92 Å². The number of nitrogens with zero attached hydrogens (tertiary/aromatic N) is 4. The van der Waals surface area contributed by atoms with Crippen LogP contribution in [0, 0.1) is 0 Å². The van der Waals surface area contributed by atoms with E-state index >= 15 is 0 Å². The molecule has 152 valence electrons. The summed E-state index contributed by atoms with van der Waals surface area (Å²) in [6.45, 7) is 15.2. The highest BCUT2D eigenvalue weighted by Gasteiger charge is 2.13. The van der Waals surface area contributed by atoms with Gasteiger partial charge >= 0.3 is 0 Å². The minimum absolute atomic E-state index is 0. The molecule has 0 saturated carbocycles. The Labute approximate surface area is 180 Å². The normalized spacial score (nSPS) is 13.0. The Bertz CT molecular complexity index is 523. The Morgan fingerprint density at radius 3 is 2.58 bits per heavy atom. The summed E-state index contributed by atoms with van der Waals surface area (Å²) in [4.78, 5) is 14.0. The highest BCUT2D eigenvalue weighted by atomic mass is 127. The third-order valence-corrected chi connectivity index (χ3v) is 5.21. The fourth-order valence-corrected chi connectivity index (χ4v) is 3.38. The van der Waals surface area contributed by atoms with E-state index in [-0.39, 0.29) is 30.1 Å². The van der Waals surface area contributed by atoms with Gasteiger partial charge in [-0.3, -0.25) is 9.89 Å². The van der Waals surface area contributed by atoms with Crippen LogP contribution in [0.5, 0.6) is 0 Å². The zero-order chi connectivity index (χ0) is 18.8. The van der Waals surface area contributed by atoms with Crippen LogP contribution in [0.2, 0.25) is 0 Å². The standard InChI is InChI=1S/C18H35N5OS.HI/c1-8-19-18(20-10-11-23(9-2)14(3)4)22(6)12-16-13-25-17(21-16)15(5)24-7;/h13-15H,8-12H2,1-7H3,(H,19,20);1H. The lowest BCUT2D eigenvalue weighted by Gasteiger charge is -2.25. The Hall–Kier alpha value is -0.450. The molecule has 8 heteroatoms. The Morgan fingerprint density at radius 1 is 1.35 bits per heavy atom. The molecule has 26 heavy (non-hydrogen) atoms. The number of methoxy groups -OCH3 is 1. The SMILES string of the molecule is CCNC(=NCCN(CC)C(C)C)N(C)Cc1csc(C(C)OC)n1.I. The van der Waals surface area contributed by atoms with E-state index in [9.17, 15) is 0 Å². The zero-order valence-corrected chi connectivity index (χ0v) is 20.4. The number of hydrogen-bond donors (Lipinski definition) is 1. The molecule has 0 fully saturated rings. The summed E-state index contributed by atoms with van der Waals surface area (Å²) in [6, 6.07) is 0.553. The smallest absolute Gasteiger partial charge is 0.194 e. The number of rotatable bonds is 10. The maximum absolute atomic E-state index is 5.34. The van der Waals surface area contributed by atoms with Crippen LogP contribution >= 0.6 is 35.3 Å². The first-order valence-electron chi connectivity index (χ1n) is 9.13. The van der Waals surface area contributed by atoms with E-state index in [1.165, 1.54) is 0 Å². The number of ether oxygens (including phenoxy) is 1. The van der Waals surface area contributed by atoms with Gasteiger partial charge < -0.3 is 15.0 Å². The molecule has 1 aromatic rings. The van der Waals surface area contributed by atoms with Crippen molar-refractivity contribution in [3.63, 3.8) is 0 Å². The van der Waals surface area contributed by atoms with Gasteiger partial charge in [-0.05, 0) is 34.2 Å². The van der Waals surface area contributed by atoms with Crippen LogP contribution in [0.25, 0.3) is 0 Å². The molecular formula is C18H36IN5OS. The number of nitrogens with one attached hydrogen (secondary N) is 1. The number of hydrogen-bond acceptors (Lipinski definition) is 5. The average molecular weight is 497 g/mol. The van der Waals surface area contributed by atoms with Crippen LogP contribution in [-0.4, -0.2) is 67.1 Å². The van der Waals surface area contributed by atoms with Crippen molar-refractivity contribution in [2.75, 3.05) is 40.3 Å². The topological polar surface area (TPSA) is 53.0 Å². The molecule has 1 atom stereocenters. The first kappa shape index (κ1) is 25.6. The number of thiazole rings is 1. The summed E-state index contributed by atoms with van der Waals surface area (Å²) in [5.74, 6) is 0.927. The van der Waals surface area contributed by atoms with Crippen molar-refractivity contribution >= 4 is 41.3 Å². The third kappa shape index (κ3) is 8.49. The molecule has 0 aliphatic rings. The molecule has 0 aliphatic heterocycles. The predicted octanol–water partition coefficient (Wildman–Crippen LogP) is 3.60. The van der Waals surface area contributed by atoms with Crippen molar-refractivity contribution in [3.05, 3.63) is 16.1 Å². The molecule has 1 unspecified atom stereocenters. The fourth-order valence-electron chi connectivity index (χ4n) is 2.54. The van der Waals surface area contributed by atoms with Crippen molar-refractivity contribution in [3.8, 4) is 0 Å².